The largest absolute Gasteiger partial charge is 0.479 e. The predicted molar refractivity (Wildman–Crippen MR) is 126 cm³/mol. The zero-order chi connectivity index (χ0) is 25.3. The minimum atomic E-state index is -1.71. The van der Waals surface area contributed by atoms with E-state index in [0.717, 1.165) is 38.5 Å². The highest BCUT2D eigenvalue weighted by Gasteiger charge is 2.61. The third-order valence-electron chi connectivity index (χ3n) is 11.4. The van der Waals surface area contributed by atoms with Crippen LogP contribution in [0.2, 0.25) is 0 Å². The van der Waals surface area contributed by atoms with Crippen LogP contribution in [0.4, 0.5) is 0 Å². The average molecular weight is 497 g/mol. The van der Waals surface area contributed by atoms with Crippen molar-refractivity contribution >= 4 is 5.97 Å². The van der Waals surface area contributed by atoms with Gasteiger partial charge in [-0.05, 0) is 105 Å². The van der Waals surface area contributed by atoms with Crippen molar-refractivity contribution in [2.45, 2.75) is 121 Å². The molecule has 8 nitrogen and oxygen atoms in total. The maximum Gasteiger partial charge on any atom is 0.335 e. The number of fused-ring (bicyclic) bond motifs is 5. The average Bonchev–Trinajstić information content (AvgIpc) is 3.17. The van der Waals surface area contributed by atoms with Crippen LogP contribution < -0.4 is 0 Å². The highest BCUT2D eigenvalue weighted by molar-refractivity contribution is 5.73. The molecule has 5 aliphatic rings. The number of aliphatic hydroxyl groups is 4. The molecule has 0 aromatic rings. The summed E-state index contributed by atoms with van der Waals surface area (Å²) in [5, 5.41) is 50.2. The lowest BCUT2D eigenvalue weighted by Crippen LogP contribution is -2.61. The van der Waals surface area contributed by atoms with Crippen LogP contribution in [-0.4, -0.2) is 74.4 Å². The van der Waals surface area contributed by atoms with Gasteiger partial charge in [0, 0.05) is 0 Å². The molecular weight excluding hydrogens is 452 g/mol. The molecule has 14 atom stereocenters. The van der Waals surface area contributed by atoms with Gasteiger partial charge in [-0.25, -0.2) is 4.79 Å². The number of hydrogen-bond donors (Lipinski definition) is 5. The summed E-state index contributed by atoms with van der Waals surface area (Å²) in [6.07, 6.45) is 1.69. The summed E-state index contributed by atoms with van der Waals surface area (Å²) in [6.45, 7) is 6.84. The fourth-order valence-electron chi connectivity index (χ4n) is 9.52. The Balaban J connectivity index is 1.29. The molecule has 200 valence electrons. The van der Waals surface area contributed by atoms with Crippen LogP contribution >= 0.6 is 0 Å². The molecule has 5 fully saturated rings. The van der Waals surface area contributed by atoms with Gasteiger partial charge in [-0.3, -0.25) is 0 Å². The van der Waals surface area contributed by atoms with Crippen LogP contribution in [0, 0.1) is 40.4 Å². The molecule has 35 heavy (non-hydrogen) atoms. The van der Waals surface area contributed by atoms with Crippen molar-refractivity contribution in [2.24, 2.45) is 40.4 Å². The van der Waals surface area contributed by atoms with Gasteiger partial charge in [0.25, 0.3) is 0 Å². The molecule has 0 radical (unpaired) electrons. The van der Waals surface area contributed by atoms with Gasteiger partial charge < -0.3 is 35.0 Å². The van der Waals surface area contributed by atoms with Crippen LogP contribution in [0.15, 0.2) is 0 Å². The van der Waals surface area contributed by atoms with E-state index in [0.29, 0.717) is 29.1 Å². The third kappa shape index (κ3) is 4.07. The Labute approximate surface area is 208 Å². The van der Waals surface area contributed by atoms with Crippen molar-refractivity contribution < 1.29 is 39.8 Å². The smallest absolute Gasteiger partial charge is 0.335 e. The second-order valence-electron chi connectivity index (χ2n) is 12.9. The van der Waals surface area contributed by atoms with Crippen LogP contribution in [0.5, 0.6) is 0 Å². The molecule has 0 spiro atoms. The van der Waals surface area contributed by atoms with Crippen molar-refractivity contribution in [2.75, 3.05) is 0 Å². The first-order valence-corrected chi connectivity index (χ1v) is 13.7. The van der Waals surface area contributed by atoms with Crippen molar-refractivity contribution in [1.82, 2.24) is 0 Å². The first-order valence-electron chi connectivity index (χ1n) is 13.7. The lowest BCUT2D eigenvalue weighted by Gasteiger charge is -2.61. The highest BCUT2D eigenvalue weighted by atomic mass is 16.7. The molecule has 8 heteroatoms. The molecule has 0 bridgehead atoms. The Bertz CT molecular complexity index is 806. The van der Waals surface area contributed by atoms with E-state index < -0.39 is 36.7 Å². The minimum absolute atomic E-state index is 0.0991. The third-order valence-corrected chi connectivity index (χ3v) is 11.4. The summed E-state index contributed by atoms with van der Waals surface area (Å²) in [4.78, 5) is 11.5. The monoisotopic (exact) mass is 496 g/mol. The van der Waals surface area contributed by atoms with E-state index in [1.807, 2.05) is 6.92 Å². The zero-order valence-corrected chi connectivity index (χ0v) is 21.3. The van der Waals surface area contributed by atoms with Crippen molar-refractivity contribution in [3.8, 4) is 0 Å². The topological polar surface area (TPSA) is 137 Å². The van der Waals surface area contributed by atoms with Crippen molar-refractivity contribution in [3.63, 3.8) is 0 Å². The number of carboxylic acids is 1. The molecule has 0 aromatic carbocycles. The summed E-state index contributed by atoms with van der Waals surface area (Å²) in [5.74, 6) is 1.49. The van der Waals surface area contributed by atoms with Crippen molar-refractivity contribution in [3.05, 3.63) is 0 Å². The van der Waals surface area contributed by atoms with Gasteiger partial charge in [0.2, 0.25) is 0 Å². The van der Waals surface area contributed by atoms with Crippen molar-refractivity contribution in [1.29, 1.82) is 0 Å². The molecule has 5 N–H and O–H groups in total. The zero-order valence-electron chi connectivity index (χ0n) is 21.3. The van der Waals surface area contributed by atoms with Gasteiger partial charge in [-0.15, -0.1) is 0 Å². The van der Waals surface area contributed by atoms with E-state index in [1.54, 1.807) is 0 Å². The van der Waals surface area contributed by atoms with E-state index in [2.05, 4.69) is 13.8 Å². The lowest BCUT2D eigenvalue weighted by atomic mass is 9.44. The summed E-state index contributed by atoms with van der Waals surface area (Å²) < 4.78 is 11.5. The fourth-order valence-corrected chi connectivity index (χ4v) is 9.52. The second-order valence-corrected chi connectivity index (χ2v) is 12.9. The van der Waals surface area contributed by atoms with Crippen LogP contribution in [0.1, 0.15) is 78.6 Å². The predicted octanol–water partition coefficient (Wildman–Crippen LogP) is 2.30. The summed E-state index contributed by atoms with van der Waals surface area (Å²) >= 11 is 0. The summed E-state index contributed by atoms with van der Waals surface area (Å²) in [6, 6.07) is 0. The maximum absolute atomic E-state index is 11.5. The van der Waals surface area contributed by atoms with E-state index >= 15 is 0 Å². The summed E-state index contributed by atoms with van der Waals surface area (Å²) in [5.41, 5.74) is 0.425. The fraction of sp³-hybridized carbons (Fsp3) is 0.963. The number of aliphatic hydroxyl groups excluding tert-OH is 4. The van der Waals surface area contributed by atoms with Gasteiger partial charge in [0.05, 0.1) is 12.2 Å². The first kappa shape index (κ1) is 25.9. The number of rotatable bonds is 4. The molecular formula is C27H44O8. The molecule has 4 saturated carbocycles. The normalized spacial score (nSPS) is 54.9. The molecule has 0 amide bonds. The SMILES string of the molecule is CC(OC1OC(C(=O)O)C(O)C(O)C1O)C1CCC2C3CCC4CC(O)CC[C@]4(C)C3CC[C@]12C. The van der Waals surface area contributed by atoms with Gasteiger partial charge in [0.15, 0.2) is 12.4 Å². The Kier molecular flexibility index (Phi) is 6.80. The first-order chi connectivity index (χ1) is 16.5. The standard InChI is InChI=1S/C27H44O8/c1-13(34-25-22(31)20(29)21(30)23(35-25)24(32)33)17-6-7-18-16-5-4-14-12-15(28)8-10-26(14,2)19(16)9-11-27(17,18)3/h13-23,25,28-31H,4-12H2,1-3H3,(H,32,33)/t13?,14?,15?,16?,17?,18?,19?,20?,21?,22?,23?,25?,26-,27+/m0/s1. The number of carbonyl (C=O) groups is 1. The Morgan fingerprint density at radius 3 is 2.29 bits per heavy atom. The molecule has 0 aromatic heterocycles. The van der Waals surface area contributed by atoms with E-state index in [4.69, 9.17) is 9.47 Å². The summed E-state index contributed by atoms with van der Waals surface area (Å²) in [7, 11) is 0. The molecule has 12 unspecified atom stereocenters. The quantitative estimate of drug-likeness (QED) is 0.400. The maximum atomic E-state index is 11.5. The number of ether oxygens (including phenoxy) is 2. The van der Waals surface area contributed by atoms with Gasteiger partial charge >= 0.3 is 5.97 Å². The van der Waals surface area contributed by atoms with Gasteiger partial charge in [-0.1, -0.05) is 13.8 Å². The molecule has 1 aliphatic heterocycles. The van der Waals surface area contributed by atoms with E-state index in [1.165, 1.54) is 19.3 Å². The molecule has 5 rings (SSSR count). The molecule has 1 saturated heterocycles. The number of hydrogen-bond acceptors (Lipinski definition) is 7. The molecule has 4 aliphatic carbocycles. The Morgan fingerprint density at radius 2 is 1.57 bits per heavy atom. The minimum Gasteiger partial charge on any atom is -0.479 e. The van der Waals surface area contributed by atoms with E-state index in [-0.39, 0.29) is 23.5 Å². The van der Waals surface area contributed by atoms with Crippen LogP contribution in [0.3, 0.4) is 0 Å². The van der Waals surface area contributed by atoms with E-state index in [9.17, 15) is 30.3 Å². The Morgan fingerprint density at radius 1 is 0.886 bits per heavy atom. The number of carboxylic acid groups (broad SMARTS) is 1. The second kappa shape index (κ2) is 9.21. The highest BCUT2D eigenvalue weighted by Crippen LogP contribution is 2.68. The Hall–Kier alpha value is -0.770. The van der Waals surface area contributed by atoms with Gasteiger partial charge in [-0.2, -0.15) is 0 Å². The van der Waals surface area contributed by atoms with Crippen LogP contribution in [0.25, 0.3) is 0 Å². The molecule has 1 heterocycles. The lowest BCUT2D eigenvalue weighted by molar-refractivity contribution is -0.309. The number of aliphatic carboxylic acids is 1. The van der Waals surface area contributed by atoms with Gasteiger partial charge in [0.1, 0.15) is 18.3 Å². The van der Waals surface area contributed by atoms with Crippen LogP contribution in [-0.2, 0) is 14.3 Å².